The van der Waals surface area contributed by atoms with Crippen molar-refractivity contribution < 1.29 is 9.53 Å². The highest BCUT2D eigenvalue weighted by Gasteiger charge is 2.22. The van der Waals surface area contributed by atoms with Crippen molar-refractivity contribution in [2.24, 2.45) is 0 Å². The molecule has 0 saturated carbocycles. The van der Waals surface area contributed by atoms with Crippen molar-refractivity contribution in [1.82, 2.24) is 3.93 Å². The fourth-order valence-corrected chi connectivity index (χ4v) is 2.97. The van der Waals surface area contributed by atoms with Gasteiger partial charge in [-0.3, -0.25) is 0 Å². The molecule has 19 heavy (non-hydrogen) atoms. The third-order valence-corrected chi connectivity index (χ3v) is 3.44. The highest BCUT2D eigenvalue weighted by molar-refractivity contribution is 9.09. The van der Waals surface area contributed by atoms with Crippen molar-refractivity contribution in [3.8, 4) is 0 Å². The zero-order chi connectivity index (χ0) is 14.5. The van der Waals surface area contributed by atoms with Crippen LogP contribution in [0.2, 0.25) is 0 Å². The van der Waals surface area contributed by atoms with Crippen LogP contribution in [0.25, 0.3) is 0 Å². The van der Waals surface area contributed by atoms with Gasteiger partial charge in [-0.25, -0.2) is 8.72 Å². The first-order valence-electron chi connectivity index (χ1n) is 6.12. The van der Waals surface area contributed by atoms with E-state index < -0.39 is 5.60 Å². The number of alkyl halides is 1. The normalized spacial score (nSPS) is 12.9. The maximum Gasteiger partial charge on any atom is 0.420 e. The van der Waals surface area contributed by atoms with Gasteiger partial charge in [-0.05, 0) is 32.8 Å². The first-order valence-corrected chi connectivity index (χ1v) is 7.75. The Morgan fingerprint density at radius 1 is 1.32 bits per heavy atom. The van der Waals surface area contributed by atoms with Crippen molar-refractivity contribution in [3.05, 3.63) is 35.9 Å². The van der Waals surface area contributed by atoms with Crippen molar-refractivity contribution in [2.45, 2.75) is 37.6 Å². The van der Waals surface area contributed by atoms with Gasteiger partial charge in [0, 0.05) is 11.4 Å². The van der Waals surface area contributed by atoms with E-state index in [9.17, 15) is 4.79 Å². The molecule has 0 saturated heterocycles. The number of carbonyl (C=O) groups is 1. The van der Waals surface area contributed by atoms with E-state index in [4.69, 9.17) is 4.74 Å². The zero-order valence-corrected chi connectivity index (χ0v) is 14.6. The molecule has 0 aliphatic rings. The molecule has 1 amide bonds. The van der Waals surface area contributed by atoms with E-state index in [0.29, 0.717) is 6.54 Å². The Kier molecular flexibility index (Phi) is 6.33. The number of benzene rings is 1. The highest BCUT2D eigenvalue weighted by Crippen LogP contribution is 2.17. The Bertz CT molecular complexity index is 404. The van der Waals surface area contributed by atoms with Crippen LogP contribution >= 0.6 is 32.1 Å². The Morgan fingerprint density at radius 3 is 2.42 bits per heavy atom. The molecule has 3 nitrogen and oxygen atoms in total. The van der Waals surface area contributed by atoms with Crippen LogP contribution in [0.4, 0.5) is 4.79 Å². The molecule has 0 bridgehead atoms. The number of carbonyl (C=O) groups excluding carboxylic acids is 1. The molecule has 1 unspecified atom stereocenters. The number of amides is 1. The van der Waals surface area contributed by atoms with Crippen molar-refractivity contribution in [3.63, 3.8) is 0 Å². The fourth-order valence-electron chi connectivity index (χ4n) is 1.49. The van der Waals surface area contributed by atoms with Gasteiger partial charge in [0.2, 0.25) is 0 Å². The lowest BCUT2D eigenvalue weighted by Gasteiger charge is -2.24. The molecule has 5 heteroatoms. The number of hydrogen-bond donors (Lipinski definition) is 0. The summed E-state index contributed by atoms with van der Waals surface area (Å²) in [7, 11) is 0. The quantitative estimate of drug-likeness (QED) is 0.556. The molecule has 1 atom stereocenters. The summed E-state index contributed by atoms with van der Waals surface area (Å²) in [4.78, 5) is 12.0. The van der Waals surface area contributed by atoms with Gasteiger partial charge in [0.1, 0.15) is 5.60 Å². The molecule has 0 aromatic heterocycles. The Labute approximate surface area is 131 Å². The molecule has 1 rings (SSSR count). The van der Waals surface area contributed by atoms with E-state index in [2.05, 4.69) is 44.2 Å². The SMILES string of the molecule is CC(C)(C)OC(=O)N(Br)CC(Br)Cc1ccccc1. The molecule has 0 aliphatic heterocycles. The predicted octanol–water partition coefficient (Wildman–Crippen LogP) is 4.54. The van der Waals surface area contributed by atoms with E-state index in [1.807, 2.05) is 39.0 Å². The van der Waals surface area contributed by atoms with Gasteiger partial charge in [0.25, 0.3) is 0 Å². The van der Waals surface area contributed by atoms with Gasteiger partial charge in [0.15, 0.2) is 0 Å². The van der Waals surface area contributed by atoms with E-state index in [1.165, 1.54) is 9.49 Å². The lowest BCUT2D eigenvalue weighted by Crippen LogP contribution is -2.34. The van der Waals surface area contributed by atoms with E-state index in [1.54, 1.807) is 0 Å². The maximum absolute atomic E-state index is 11.8. The Hall–Kier alpha value is -0.550. The molecule has 1 aromatic rings. The van der Waals surface area contributed by atoms with Crippen molar-refractivity contribution in [1.29, 1.82) is 0 Å². The molecule has 106 valence electrons. The molecular formula is C14H19Br2NO2. The van der Waals surface area contributed by atoms with Crippen LogP contribution in [0.5, 0.6) is 0 Å². The Balaban J connectivity index is 2.44. The van der Waals surface area contributed by atoms with Crippen LogP contribution in [-0.4, -0.2) is 27.0 Å². The van der Waals surface area contributed by atoms with Gasteiger partial charge in [-0.2, -0.15) is 0 Å². The van der Waals surface area contributed by atoms with Gasteiger partial charge < -0.3 is 4.74 Å². The van der Waals surface area contributed by atoms with Gasteiger partial charge in [-0.1, -0.05) is 46.3 Å². The molecule has 0 radical (unpaired) electrons. The zero-order valence-electron chi connectivity index (χ0n) is 11.4. The molecule has 0 N–H and O–H groups in total. The lowest BCUT2D eigenvalue weighted by molar-refractivity contribution is 0.0416. The van der Waals surface area contributed by atoms with Gasteiger partial charge in [0.05, 0.1) is 16.1 Å². The average molecular weight is 393 g/mol. The Morgan fingerprint density at radius 2 is 1.89 bits per heavy atom. The first-order chi connectivity index (χ1) is 8.78. The van der Waals surface area contributed by atoms with Gasteiger partial charge in [-0.15, -0.1) is 0 Å². The van der Waals surface area contributed by atoms with Crippen LogP contribution in [0.3, 0.4) is 0 Å². The summed E-state index contributed by atoms with van der Waals surface area (Å²) in [6.07, 6.45) is 0.483. The summed E-state index contributed by atoms with van der Waals surface area (Å²) in [5, 5.41) is 0. The van der Waals surface area contributed by atoms with Crippen molar-refractivity contribution >= 4 is 38.2 Å². The predicted molar refractivity (Wildman–Crippen MR) is 84.7 cm³/mol. The van der Waals surface area contributed by atoms with E-state index in [-0.39, 0.29) is 10.9 Å². The monoisotopic (exact) mass is 391 g/mol. The molecule has 0 aliphatic carbocycles. The average Bonchev–Trinajstić information content (AvgIpc) is 2.27. The van der Waals surface area contributed by atoms with Crippen LogP contribution in [-0.2, 0) is 11.2 Å². The third kappa shape index (κ3) is 6.97. The highest BCUT2D eigenvalue weighted by atomic mass is 79.9. The topological polar surface area (TPSA) is 29.5 Å². The summed E-state index contributed by atoms with van der Waals surface area (Å²) in [5.41, 5.74) is 0.749. The molecule has 0 heterocycles. The molecule has 0 fully saturated rings. The van der Waals surface area contributed by atoms with Gasteiger partial charge >= 0.3 is 6.09 Å². The molecule has 1 aromatic carbocycles. The fraction of sp³-hybridized carbons (Fsp3) is 0.500. The van der Waals surface area contributed by atoms with Crippen LogP contribution in [0.15, 0.2) is 30.3 Å². The minimum absolute atomic E-state index is 0.168. The van der Waals surface area contributed by atoms with Crippen LogP contribution in [0, 0.1) is 0 Å². The number of rotatable bonds is 4. The second-order valence-electron chi connectivity index (χ2n) is 5.31. The lowest BCUT2D eigenvalue weighted by atomic mass is 10.1. The van der Waals surface area contributed by atoms with E-state index in [0.717, 1.165) is 6.42 Å². The van der Waals surface area contributed by atoms with Crippen molar-refractivity contribution in [2.75, 3.05) is 6.54 Å². The van der Waals surface area contributed by atoms with Crippen LogP contribution in [0.1, 0.15) is 26.3 Å². The summed E-state index contributed by atoms with van der Waals surface area (Å²) in [5.74, 6) is 0. The molecule has 0 spiro atoms. The smallest absolute Gasteiger partial charge is 0.420 e. The summed E-state index contributed by atoms with van der Waals surface area (Å²) < 4.78 is 6.69. The second-order valence-corrected chi connectivity index (χ2v) is 7.46. The number of ether oxygens (including phenoxy) is 1. The summed E-state index contributed by atoms with van der Waals surface area (Å²) in [6, 6.07) is 10.1. The minimum Gasteiger partial charge on any atom is -0.443 e. The second kappa shape index (κ2) is 7.29. The summed E-state index contributed by atoms with van der Waals surface area (Å²) >= 11 is 6.82. The third-order valence-electron chi connectivity index (χ3n) is 2.25. The number of halogens is 2. The minimum atomic E-state index is -0.482. The molecular weight excluding hydrogens is 374 g/mol. The first kappa shape index (κ1) is 16.5. The van der Waals surface area contributed by atoms with Crippen LogP contribution < -0.4 is 0 Å². The standard InChI is InChI=1S/C14H19Br2NO2/c1-14(2,3)19-13(18)17(16)10-12(15)9-11-7-5-4-6-8-11/h4-8,12H,9-10H2,1-3H3. The number of nitrogens with zero attached hydrogens (tertiary/aromatic N) is 1. The van der Waals surface area contributed by atoms with E-state index >= 15 is 0 Å². The summed E-state index contributed by atoms with van der Waals surface area (Å²) in [6.45, 7) is 6.08. The largest absolute Gasteiger partial charge is 0.443 e. The number of hydrogen-bond acceptors (Lipinski definition) is 2. The maximum atomic E-state index is 11.8.